The first-order valence-electron chi connectivity index (χ1n) is 5.17. The van der Waals surface area contributed by atoms with Gasteiger partial charge in [0, 0.05) is 16.1 Å². The molecule has 0 aliphatic heterocycles. The number of benzene rings is 1. The Morgan fingerprint density at radius 3 is 2.53 bits per heavy atom. The van der Waals surface area contributed by atoms with Crippen LogP contribution in [-0.2, 0) is 6.18 Å². The van der Waals surface area contributed by atoms with Crippen molar-refractivity contribution in [2.75, 3.05) is 0 Å². The van der Waals surface area contributed by atoms with E-state index in [1.165, 1.54) is 0 Å². The molecule has 0 saturated carbocycles. The maximum atomic E-state index is 12.5. The van der Waals surface area contributed by atoms with Crippen molar-refractivity contribution < 1.29 is 13.2 Å². The smallest absolute Gasteiger partial charge is 0.271 e. The SMILES string of the molecule is NNC(c1cnc(C(F)(F)F)s1)c1ccccc1Cl. The molecule has 2 aromatic rings. The number of nitrogens with zero attached hydrogens (tertiary/aromatic N) is 1. The molecule has 3 nitrogen and oxygen atoms in total. The minimum absolute atomic E-state index is 0.350. The molecule has 0 saturated heterocycles. The lowest BCUT2D eigenvalue weighted by Crippen LogP contribution is -2.28. The molecule has 0 aliphatic carbocycles. The fraction of sp³-hybridized carbons (Fsp3) is 0.182. The maximum Gasteiger partial charge on any atom is 0.443 e. The third-order valence-corrected chi connectivity index (χ3v) is 3.88. The Hall–Kier alpha value is -1.15. The van der Waals surface area contributed by atoms with E-state index in [0.29, 0.717) is 26.8 Å². The molecule has 0 fully saturated rings. The van der Waals surface area contributed by atoms with Gasteiger partial charge in [0.1, 0.15) is 0 Å². The van der Waals surface area contributed by atoms with Gasteiger partial charge < -0.3 is 0 Å². The summed E-state index contributed by atoms with van der Waals surface area (Å²) in [6.45, 7) is 0. The second-order valence-corrected chi connectivity index (χ2v) is 5.16. The molecule has 0 spiro atoms. The lowest BCUT2D eigenvalue weighted by molar-refractivity contribution is -0.137. The summed E-state index contributed by atoms with van der Waals surface area (Å²) in [4.78, 5) is 3.72. The summed E-state index contributed by atoms with van der Waals surface area (Å²) in [6.07, 6.45) is -3.30. The Balaban J connectivity index is 2.38. The van der Waals surface area contributed by atoms with Gasteiger partial charge in [0.25, 0.3) is 0 Å². The molecule has 19 heavy (non-hydrogen) atoms. The first kappa shape index (κ1) is 14.3. The van der Waals surface area contributed by atoms with Crippen LogP contribution in [0.2, 0.25) is 5.02 Å². The van der Waals surface area contributed by atoms with Gasteiger partial charge >= 0.3 is 6.18 Å². The highest BCUT2D eigenvalue weighted by Crippen LogP contribution is 2.36. The molecule has 1 aromatic carbocycles. The molecule has 0 radical (unpaired) electrons. The van der Waals surface area contributed by atoms with Crippen LogP contribution in [0.15, 0.2) is 30.5 Å². The number of hydrogen-bond donors (Lipinski definition) is 2. The number of aromatic nitrogens is 1. The number of rotatable bonds is 3. The lowest BCUT2D eigenvalue weighted by atomic mass is 10.1. The molecule has 1 unspecified atom stereocenters. The van der Waals surface area contributed by atoms with E-state index in [0.717, 1.165) is 6.20 Å². The van der Waals surface area contributed by atoms with Gasteiger partial charge in [-0.1, -0.05) is 29.8 Å². The molecule has 8 heteroatoms. The Morgan fingerprint density at radius 2 is 2.00 bits per heavy atom. The number of halogens is 4. The number of thiazole rings is 1. The molecular formula is C11H9ClF3N3S. The van der Waals surface area contributed by atoms with Crippen molar-refractivity contribution in [1.82, 2.24) is 10.4 Å². The second kappa shape index (κ2) is 5.46. The van der Waals surface area contributed by atoms with E-state index in [9.17, 15) is 13.2 Å². The van der Waals surface area contributed by atoms with E-state index < -0.39 is 17.2 Å². The molecule has 1 atom stereocenters. The van der Waals surface area contributed by atoms with Crippen LogP contribution in [0.4, 0.5) is 13.2 Å². The molecule has 3 N–H and O–H groups in total. The molecule has 1 aromatic heterocycles. The van der Waals surface area contributed by atoms with Gasteiger partial charge in [0.15, 0.2) is 5.01 Å². The van der Waals surface area contributed by atoms with Gasteiger partial charge in [0.2, 0.25) is 0 Å². The Morgan fingerprint density at radius 1 is 1.32 bits per heavy atom. The number of nitrogens with two attached hydrogens (primary N) is 1. The van der Waals surface area contributed by atoms with Gasteiger partial charge in [-0.15, -0.1) is 11.3 Å². The normalized spacial score (nSPS) is 13.5. The molecular weight excluding hydrogens is 299 g/mol. The van der Waals surface area contributed by atoms with Gasteiger partial charge in [0.05, 0.1) is 6.04 Å². The fourth-order valence-electron chi connectivity index (χ4n) is 1.59. The second-order valence-electron chi connectivity index (χ2n) is 3.69. The van der Waals surface area contributed by atoms with E-state index in [1.54, 1.807) is 24.3 Å². The molecule has 0 bridgehead atoms. The molecule has 102 valence electrons. The summed E-state index contributed by atoms with van der Waals surface area (Å²) < 4.78 is 37.6. The summed E-state index contributed by atoms with van der Waals surface area (Å²) in [6, 6.07) is 6.18. The van der Waals surface area contributed by atoms with Crippen molar-refractivity contribution in [3.8, 4) is 0 Å². The third-order valence-electron chi connectivity index (χ3n) is 2.43. The van der Waals surface area contributed by atoms with Crippen molar-refractivity contribution in [2.24, 2.45) is 5.84 Å². The summed E-state index contributed by atoms with van der Waals surface area (Å²) in [5, 5.41) is -0.484. The van der Waals surface area contributed by atoms with Crippen molar-refractivity contribution >= 4 is 22.9 Å². The Labute approximate surface area is 116 Å². The number of nitrogens with one attached hydrogen (secondary N) is 1. The van der Waals surface area contributed by atoms with E-state index >= 15 is 0 Å². The highest BCUT2D eigenvalue weighted by Gasteiger charge is 2.35. The maximum absolute atomic E-state index is 12.5. The minimum atomic E-state index is -4.46. The molecule has 0 aliphatic rings. The standard InChI is InChI=1S/C11H9ClF3N3S/c12-7-4-2-1-3-6(7)9(18-16)8-5-17-10(19-8)11(13,14)15/h1-5,9,18H,16H2. The van der Waals surface area contributed by atoms with Crippen molar-refractivity contribution in [2.45, 2.75) is 12.2 Å². The van der Waals surface area contributed by atoms with E-state index in [4.69, 9.17) is 17.4 Å². The zero-order valence-corrected chi connectivity index (χ0v) is 11.0. The number of hydrazine groups is 1. The van der Waals surface area contributed by atoms with Crippen LogP contribution in [0.25, 0.3) is 0 Å². The fourth-order valence-corrected chi connectivity index (χ4v) is 2.69. The van der Waals surface area contributed by atoms with Crippen LogP contribution in [0, 0.1) is 0 Å². The summed E-state index contributed by atoms with van der Waals surface area (Å²) in [5.74, 6) is 5.41. The Bertz CT molecular complexity index is 570. The van der Waals surface area contributed by atoms with E-state index in [1.807, 2.05) is 0 Å². The number of hydrogen-bond acceptors (Lipinski definition) is 4. The third kappa shape index (κ3) is 3.06. The topological polar surface area (TPSA) is 50.9 Å². The van der Waals surface area contributed by atoms with Crippen LogP contribution in [0.3, 0.4) is 0 Å². The van der Waals surface area contributed by atoms with Crippen molar-refractivity contribution in [3.05, 3.63) is 50.9 Å². The minimum Gasteiger partial charge on any atom is -0.271 e. The first-order valence-corrected chi connectivity index (χ1v) is 6.36. The van der Waals surface area contributed by atoms with Gasteiger partial charge in [-0.3, -0.25) is 5.84 Å². The zero-order chi connectivity index (χ0) is 14.0. The summed E-state index contributed by atoms with van der Waals surface area (Å²) >= 11 is 6.55. The first-order chi connectivity index (χ1) is 8.93. The average Bonchev–Trinajstić information content (AvgIpc) is 2.82. The summed E-state index contributed by atoms with van der Waals surface area (Å²) in [7, 11) is 0. The van der Waals surface area contributed by atoms with Crippen LogP contribution in [0.5, 0.6) is 0 Å². The highest BCUT2D eigenvalue weighted by atomic mass is 35.5. The molecule has 1 heterocycles. The predicted octanol–water partition coefficient (Wildman–Crippen LogP) is 3.37. The lowest BCUT2D eigenvalue weighted by Gasteiger charge is -2.15. The molecule has 0 amide bonds. The van der Waals surface area contributed by atoms with Gasteiger partial charge in [-0.05, 0) is 11.6 Å². The van der Waals surface area contributed by atoms with Crippen LogP contribution in [-0.4, -0.2) is 4.98 Å². The largest absolute Gasteiger partial charge is 0.443 e. The van der Waals surface area contributed by atoms with Crippen molar-refractivity contribution in [3.63, 3.8) is 0 Å². The average molecular weight is 308 g/mol. The highest BCUT2D eigenvalue weighted by molar-refractivity contribution is 7.11. The van der Waals surface area contributed by atoms with Crippen LogP contribution in [0.1, 0.15) is 21.5 Å². The van der Waals surface area contributed by atoms with Crippen LogP contribution >= 0.6 is 22.9 Å². The Kier molecular flexibility index (Phi) is 4.10. The van der Waals surface area contributed by atoms with E-state index in [2.05, 4.69) is 10.4 Å². The zero-order valence-electron chi connectivity index (χ0n) is 9.41. The van der Waals surface area contributed by atoms with E-state index in [-0.39, 0.29) is 0 Å². The predicted molar refractivity (Wildman–Crippen MR) is 67.7 cm³/mol. The van der Waals surface area contributed by atoms with Gasteiger partial charge in [-0.2, -0.15) is 13.2 Å². The monoisotopic (exact) mass is 307 g/mol. The summed E-state index contributed by atoms with van der Waals surface area (Å²) in [5.41, 5.74) is 3.06. The number of alkyl halides is 3. The quantitative estimate of drug-likeness (QED) is 0.675. The molecule has 2 rings (SSSR count). The van der Waals surface area contributed by atoms with Gasteiger partial charge in [-0.25, -0.2) is 10.4 Å². The van der Waals surface area contributed by atoms with Crippen molar-refractivity contribution in [1.29, 1.82) is 0 Å². The van der Waals surface area contributed by atoms with Crippen LogP contribution < -0.4 is 11.3 Å².